The molecule has 7 nitrogen and oxygen atoms in total. The Hall–Kier alpha value is -2.86. The van der Waals surface area contributed by atoms with E-state index in [0.717, 1.165) is 66.1 Å². The van der Waals surface area contributed by atoms with Crippen LogP contribution in [0.4, 0.5) is 11.4 Å². The second-order valence-electron chi connectivity index (χ2n) is 13.0. The standard InChI is InChI=1S/C32H47N5O2Si/c1-23-18-24(2)29(35-26-12-15-36(16-13-26)30-11-9-8-10-25(30)20-33)19-28(23)31(38)37-17-14-34-27(21-37)22-39-40(6,7)32(3,4)5/h8-11,18-19,26-27,34-35H,12-17,21-22H2,1-7H3/t27-/m0/s1. The maximum absolute atomic E-state index is 13.7. The first-order valence-electron chi connectivity index (χ1n) is 14.7. The summed E-state index contributed by atoms with van der Waals surface area (Å²) in [4.78, 5) is 18.0. The van der Waals surface area contributed by atoms with Gasteiger partial charge in [-0.25, -0.2) is 0 Å². The Morgan fingerprint density at radius 1 is 1.12 bits per heavy atom. The summed E-state index contributed by atoms with van der Waals surface area (Å²) < 4.78 is 6.47. The molecule has 40 heavy (non-hydrogen) atoms. The maximum Gasteiger partial charge on any atom is 0.254 e. The Kier molecular flexibility index (Phi) is 9.28. The van der Waals surface area contributed by atoms with Crippen molar-refractivity contribution in [1.82, 2.24) is 10.2 Å². The summed E-state index contributed by atoms with van der Waals surface area (Å²) in [6.07, 6.45) is 1.95. The SMILES string of the molecule is Cc1cc(C)c(C(=O)N2CCN[C@H](CO[Si](C)(C)C(C)(C)C)C2)cc1NC1CCN(c2ccccc2C#N)CC1. The number of hydrogen-bond donors (Lipinski definition) is 2. The molecule has 0 aromatic heterocycles. The Balaban J connectivity index is 1.39. The van der Waals surface area contributed by atoms with Crippen molar-refractivity contribution in [2.45, 2.75) is 77.7 Å². The lowest BCUT2D eigenvalue weighted by molar-refractivity contribution is 0.0674. The van der Waals surface area contributed by atoms with Crippen LogP contribution in [0.15, 0.2) is 36.4 Å². The van der Waals surface area contributed by atoms with Gasteiger partial charge in [-0.2, -0.15) is 5.26 Å². The van der Waals surface area contributed by atoms with E-state index in [9.17, 15) is 10.1 Å². The van der Waals surface area contributed by atoms with Crippen LogP contribution < -0.4 is 15.5 Å². The van der Waals surface area contributed by atoms with E-state index in [-0.39, 0.29) is 17.0 Å². The van der Waals surface area contributed by atoms with Crippen LogP contribution in [0.25, 0.3) is 0 Å². The predicted octanol–water partition coefficient (Wildman–Crippen LogP) is 5.69. The van der Waals surface area contributed by atoms with Gasteiger partial charge in [0.2, 0.25) is 0 Å². The minimum absolute atomic E-state index is 0.0994. The van der Waals surface area contributed by atoms with E-state index in [1.54, 1.807) is 0 Å². The molecule has 2 N–H and O–H groups in total. The number of piperidine rings is 1. The second-order valence-corrected chi connectivity index (χ2v) is 17.8. The fourth-order valence-electron chi connectivity index (χ4n) is 5.38. The lowest BCUT2D eigenvalue weighted by Gasteiger charge is -2.39. The van der Waals surface area contributed by atoms with E-state index in [4.69, 9.17) is 4.43 Å². The quantitative estimate of drug-likeness (QED) is 0.423. The van der Waals surface area contributed by atoms with Crippen LogP contribution in [0.5, 0.6) is 0 Å². The van der Waals surface area contributed by atoms with E-state index in [1.165, 1.54) is 0 Å². The van der Waals surface area contributed by atoms with Gasteiger partial charge in [-0.3, -0.25) is 4.79 Å². The molecule has 0 unspecified atom stereocenters. The molecule has 1 amide bonds. The Bertz CT molecular complexity index is 1240. The predicted molar refractivity (Wildman–Crippen MR) is 167 cm³/mol. The number of aryl methyl sites for hydroxylation is 2. The number of carbonyl (C=O) groups is 1. The number of rotatable bonds is 7. The molecule has 2 fully saturated rings. The van der Waals surface area contributed by atoms with Crippen molar-refractivity contribution in [3.05, 3.63) is 58.7 Å². The molecule has 2 aliphatic heterocycles. The minimum Gasteiger partial charge on any atom is -0.415 e. The zero-order chi connectivity index (χ0) is 29.1. The van der Waals surface area contributed by atoms with Gasteiger partial charge < -0.3 is 24.9 Å². The van der Waals surface area contributed by atoms with Crippen molar-refractivity contribution >= 4 is 25.6 Å². The summed E-state index contributed by atoms with van der Waals surface area (Å²) in [5.41, 5.74) is 5.74. The maximum atomic E-state index is 13.7. The summed E-state index contributed by atoms with van der Waals surface area (Å²) in [7, 11) is -1.84. The average Bonchev–Trinajstić information content (AvgIpc) is 2.93. The van der Waals surface area contributed by atoms with Gasteiger partial charge >= 0.3 is 0 Å². The first-order chi connectivity index (χ1) is 18.9. The molecule has 0 radical (unpaired) electrons. The molecule has 1 atom stereocenters. The number of benzene rings is 2. The van der Waals surface area contributed by atoms with E-state index < -0.39 is 8.32 Å². The van der Waals surface area contributed by atoms with Crippen LogP contribution in [-0.4, -0.2) is 70.5 Å². The van der Waals surface area contributed by atoms with Crippen molar-refractivity contribution in [1.29, 1.82) is 5.26 Å². The highest BCUT2D eigenvalue weighted by molar-refractivity contribution is 6.74. The van der Waals surface area contributed by atoms with Crippen molar-refractivity contribution < 1.29 is 9.22 Å². The van der Waals surface area contributed by atoms with Crippen LogP contribution >= 0.6 is 0 Å². The molecule has 0 aliphatic carbocycles. The third kappa shape index (κ3) is 6.88. The molecule has 8 heteroatoms. The largest absolute Gasteiger partial charge is 0.415 e. The minimum atomic E-state index is -1.84. The summed E-state index contributed by atoms with van der Waals surface area (Å²) in [5, 5.41) is 17.0. The van der Waals surface area contributed by atoms with Crippen molar-refractivity contribution in [2.75, 3.05) is 49.5 Å². The monoisotopic (exact) mass is 561 g/mol. The van der Waals surface area contributed by atoms with Gasteiger partial charge in [-0.1, -0.05) is 39.0 Å². The van der Waals surface area contributed by atoms with Crippen LogP contribution in [0, 0.1) is 25.2 Å². The first kappa shape index (κ1) is 30.1. The Morgan fingerprint density at radius 2 is 1.82 bits per heavy atom. The van der Waals surface area contributed by atoms with E-state index >= 15 is 0 Å². The van der Waals surface area contributed by atoms with E-state index in [2.05, 4.69) is 74.5 Å². The molecule has 0 saturated carbocycles. The van der Waals surface area contributed by atoms with Gasteiger partial charge in [0, 0.05) is 56.1 Å². The van der Waals surface area contributed by atoms with Crippen LogP contribution in [0.2, 0.25) is 18.1 Å². The summed E-state index contributed by atoms with van der Waals surface area (Å²) in [6.45, 7) is 20.0. The highest BCUT2D eigenvalue weighted by Gasteiger charge is 2.38. The number of nitrogens with zero attached hydrogens (tertiary/aromatic N) is 3. The molecular formula is C32H47N5O2Si. The molecule has 4 rings (SSSR count). The van der Waals surface area contributed by atoms with Crippen molar-refractivity contribution in [3.8, 4) is 6.07 Å². The number of amides is 1. The van der Waals surface area contributed by atoms with Crippen molar-refractivity contribution in [3.63, 3.8) is 0 Å². The number of piperazine rings is 1. The fourth-order valence-corrected chi connectivity index (χ4v) is 6.43. The van der Waals surface area contributed by atoms with Gasteiger partial charge in [0.1, 0.15) is 6.07 Å². The highest BCUT2D eigenvalue weighted by atomic mass is 28.4. The van der Waals surface area contributed by atoms with Gasteiger partial charge in [-0.15, -0.1) is 0 Å². The number of anilines is 2. The Labute approximate surface area is 242 Å². The fraction of sp³-hybridized carbons (Fsp3) is 0.562. The molecule has 0 spiro atoms. The van der Waals surface area contributed by atoms with Crippen molar-refractivity contribution in [2.24, 2.45) is 0 Å². The number of carbonyl (C=O) groups excluding carboxylic acids is 1. The number of para-hydroxylation sites is 1. The molecule has 216 valence electrons. The van der Waals surface area contributed by atoms with E-state index in [1.807, 2.05) is 36.1 Å². The van der Waals surface area contributed by atoms with E-state index in [0.29, 0.717) is 25.7 Å². The van der Waals surface area contributed by atoms with Gasteiger partial charge in [0.05, 0.1) is 17.9 Å². The van der Waals surface area contributed by atoms with Crippen LogP contribution in [0.3, 0.4) is 0 Å². The smallest absolute Gasteiger partial charge is 0.254 e. The lowest BCUT2D eigenvalue weighted by Crippen LogP contribution is -2.56. The highest BCUT2D eigenvalue weighted by Crippen LogP contribution is 2.36. The summed E-state index contributed by atoms with van der Waals surface area (Å²) >= 11 is 0. The van der Waals surface area contributed by atoms with Crippen LogP contribution in [0.1, 0.15) is 60.7 Å². The summed E-state index contributed by atoms with van der Waals surface area (Å²) in [6, 6.07) is 14.8. The molecular weight excluding hydrogens is 514 g/mol. The molecule has 2 heterocycles. The number of nitriles is 1. The number of hydrogen-bond acceptors (Lipinski definition) is 6. The second kappa shape index (κ2) is 12.3. The molecule has 0 bridgehead atoms. The molecule has 2 saturated heterocycles. The Morgan fingerprint density at radius 3 is 2.50 bits per heavy atom. The third-order valence-corrected chi connectivity index (χ3v) is 13.5. The lowest BCUT2D eigenvalue weighted by atomic mass is 9.99. The summed E-state index contributed by atoms with van der Waals surface area (Å²) in [5.74, 6) is 0.0994. The average molecular weight is 562 g/mol. The zero-order valence-electron chi connectivity index (χ0n) is 25.4. The van der Waals surface area contributed by atoms with Gasteiger partial charge in [0.25, 0.3) is 5.91 Å². The normalized spacial score (nSPS) is 18.9. The van der Waals surface area contributed by atoms with Gasteiger partial charge in [-0.05, 0) is 74.1 Å². The molecule has 2 aliphatic rings. The molecule has 2 aromatic rings. The number of nitrogens with one attached hydrogen (secondary N) is 2. The topological polar surface area (TPSA) is 80.6 Å². The molecule has 2 aromatic carbocycles. The first-order valence-corrected chi connectivity index (χ1v) is 17.6. The van der Waals surface area contributed by atoms with Crippen LogP contribution in [-0.2, 0) is 4.43 Å². The zero-order valence-corrected chi connectivity index (χ0v) is 26.4. The van der Waals surface area contributed by atoms with Gasteiger partial charge in [0.15, 0.2) is 8.32 Å². The third-order valence-electron chi connectivity index (χ3n) is 9.02.